The lowest BCUT2D eigenvalue weighted by Gasteiger charge is -2.11. The fraction of sp³-hybridized carbons (Fsp3) is 0.200. The summed E-state index contributed by atoms with van der Waals surface area (Å²) < 4.78 is 0. The van der Waals surface area contributed by atoms with Gasteiger partial charge in [0.15, 0.2) is 0 Å². The minimum absolute atomic E-state index is 0.129. The van der Waals surface area contributed by atoms with Crippen molar-refractivity contribution in [2.24, 2.45) is 0 Å². The number of nitro groups is 1. The van der Waals surface area contributed by atoms with Crippen molar-refractivity contribution in [3.8, 4) is 0 Å². The van der Waals surface area contributed by atoms with Gasteiger partial charge in [-0.15, -0.1) is 0 Å². The van der Waals surface area contributed by atoms with Gasteiger partial charge in [0.1, 0.15) is 0 Å². The maximum atomic E-state index is 10.9. The van der Waals surface area contributed by atoms with E-state index >= 15 is 0 Å². The Morgan fingerprint density at radius 2 is 1.67 bits per heavy atom. The van der Waals surface area contributed by atoms with Crippen molar-refractivity contribution < 1.29 is 4.92 Å². The summed E-state index contributed by atoms with van der Waals surface area (Å²) in [6.45, 7) is 4.09. The minimum Gasteiger partial charge on any atom is -0.381 e. The van der Waals surface area contributed by atoms with Crippen LogP contribution in [0.3, 0.4) is 0 Å². The number of halogens is 2. The standard InChI is InChI=1S/C15H14Cl2N2O2/c1-9-4-15(19(20)21)10(2)3-14(9)18-8-11-5-12(16)7-13(17)6-11/h3-7,18H,8H2,1-2H3. The molecule has 0 saturated carbocycles. The highest BCUT2D eigenvalue weighted by Gasteiger charge is 2.13. The third-order valence-electron chi connectivity index (χ3n) is 3.14. The monoisotopic (exact) mass is 324 g/mol. The zero-order chi connectivity index (χ0) is 15.6. The number of nitro benzene ring substituents is 1. The minimum atomic E-state index is -0.372. The second-order valence-electron chi connectivity index (χ2n) is 4.84. The van der Waals surface area contributed by atoms with Crippen LogP contribution in [0.4, 0.5) is 11.4 Å². The van der Waals surface area contributed by atoms with Crippen LogP contribution in [0, 0.1) is 24.0 Å². The fourth-order valence-electron chi connectivity index (χ4n) is 2.10. The molecule has 6 heteroatoms. The number of nitrogens with zero attached hydrogens (tertiary/aromatic N) is 1. The smallest absolute Gasteiger partial charge is 0.272 e. The van der Waals surface area contributed by atoms with Gasteiger partial charge >= 0.3 is 0 Å². The highest BCUT2D eigenvalue weighted by molar-refractivity contribution is 6.34. The van der Waals surface area contributed by atoms with E-state index in [4.69, 9.17) is 23.2 Å². The molecule has 0 amide bonds. The molecule has 0 aromatic heterocycles. The summed E-state index contributed by atoms with van der Waals surface area (Å²) in [5, 5.41) is 15.3. The van der Waals surface area contributed by atoms with Crippen LogP contribution in [0.5, 0.6) is 0 Å². The normalized spacial score (nSPS) is 10.5. The van der Waals surface area contributed by atoms with E-state index in [1.54, 1.807) is 25.1 Å². The number of rotatable bonds is 4. The average Bonchev–Trinajstić information content (AvgIpc) is 2.38. The molecule has 0 radical (unpaired) electrons. The van der Waals surface area contributed by atoms with Gasteiger partial charge in [0.25, 0.3) is 5.69 Å². The highest BCUT2D eigenvalue weighted by atomic mass is 35.5. The maximum absolute atomic E-state index is 10.9. The van der Waals surface area contributed by atoms with E-state index in [2.05, 4.69) is 5.32 Å². The molecule has 0 heterocycles. The molecule has 2 aromatic carbocycles. The van der Waals surface area contributed by atoms with Crippen molar-refractivity contribution >= 4 is 34.6 Å². The van der Waals surface area contributed by atoms with Crippen molar-refractivity contribution in [1.29, 1.82) is 0 Å². The van der Waals surface area contributed by atoms with Crippen LogP contribution >= 0.6 is 23.2 Å². The van der Waals surface area contributed by atoms with E-state index in [-0.39, 0.29) is 10.6 Å². The summed E-state index contributed by atoms with van der Waals surface area (Å²) in [4.78, 5) is 10.5. The van der Waals surface area contributed by atoms with Gasteiger partial charge in [-0.05, 0) is 49.2 Å². The number of hydrogen-bond donors (Lipinski definition) is 1. The van der Waals surface area contributed by atoms with Crippen molar-refractivity contribution in [1.82, 2.24) is 0 Å². The highest BCUT2D eigenvalue weighted by Crippen LogP contribution is 2.27. The second-order valence-corrected chi connectivity index (χ2v) is 5.71. The van der Waals surface area contributed by atoms with Crippen LogP contribution in [0.15, 0.2) is 30.3 Å². The molecule has 0 saturated heterocycles. The lowest BCUT2D eigenvalue weighted by Crippen LogP contribution is -2.03. The number of aryl methyl sites for hydroxylation is 2. The molecule has 2 rings (SSSR count). The van der Waals surface area contributed by atoms with Crippen LogP contribution in [0.2, 0.25) is 10.0 Å². The van der Waals surface area contributed by atoms with Gasteiger partial charge in [-0.2, -0.15) is 0 Å². The third-order valence-corrected chi connectivity index (χ3v) is 3.58. The van der Waals surface area contributed by atoms with Crippen LogP contribution in [0.1, 0.15) is 16.7 Å². The number of anilines is 1. The lowest BCUT2D eigenvalue weighted by molar-refractivity contribution is -0.385. The Hall–Kier alpha value is -1.78. The molecule has 1 N–H and O–H groups in total. The van der Waals surface area contributed by atoms with E-state index in [0.717, 1.165) is 16.8 Å². The summed E-state index contributed by atoms with van der Waals surface area (Å²) in [6.07, 6.45) is 0. The average molecular weight is 325 g/mol. The Morgan fingerprint density at radius 3 is 2.24 bits per heavy atom. The Kier molecular flexibility index (Phi) is 4.70. The Balaban J connectivity index is 2.20. The van der Waals surface area contributed by atoms with Crippen LogP contribution in [0.25, 0.3) is 0 Å². The van der Waals surface area contributed by atoms with E-state index < -0.39 is 0 Å². The third kappa shape index (κ3) is 3.86. The molecular weight excluding hydrogens is 311 g/mol. The number of nitrogens with one attached hydrogen (secondary N) is 1. The lowest BCUT2D eigenvalue weighted by atomic mass is 10.1. The van der Waals surface area contributed by atoms with Crippen LogP contribution in [-0.2, 0) is 6.54 Å². The largest absolute Gasteiger partial charge is 0.381 e. The second kappa shape index (κ2) is 6.33. The molecule has 0 aliphatic heterocycles. The van der Waals surface area contributed by atoms with Gasteiger partial charge in [0.05, 0.1) is 4.92 Å². The van der Waals surface area contributed by atoms with Crippen molar-refractivity contribution in [3.63, 3.8) is 0 Å². The quantitative estimate of drug-likeness (QED) is 0.626. The Morgan fingerprint density at radius 1 is 1.05 bits per heavy atom. The topological polar surface area (TPSA) is 55.2 Å². The Labute approximate surface area is 132 Å². The van der Waals surface area contributed by atoms with Crippen molar-refractivity contribution in [2.45, 2.75) is 20.4 Å². The molecule has 0 aliphatic rings. The summed E-state index contributed by atoms with van der Waals surface area (Å²) in [5.74, 6) is 0. The molecule has 0 aliphatic carbocycles. The fourth-order valence-corrected chi connectivity index (χ4v) is 2.67. The van der Waals surface area contributed by atoms with Gasteiger partial charge in [0, 0.05) is 33.9 Å². The zero-order valence-corrected chi connectivity index (χ0v) is 13.1. The first-order valence-electron chi connectivity index (χ1n) is 6.31. The maximum Gasteiger partial charge on any atom is 0.272 e. The Bertz CT molecular complexity index is 682. The van der Waals surface area contributed by atoms with E-state index in [9.17, 15) is 10.1 Å². The van der Waals surface area contributed by atoms with Gasteiger partial charge in [-0.25, -0.2) is 0 Å². The molecule has 0 spiro atoms. The first-order valence-corrected chi connectivity index (χ1v) is 7.07. The summed E-state index contributed by atoms with van der Waals surface area (Å²) >= 11 is 11.9. The number of hydrogen-bond acceptors (Lipinski definition) is 3. The summed E-state index contributed by atoms with van der Waals surface area (Å²) in [7, 11) is 0. The van der Waals surface area contributed by atoms with E-state index in [1.165, 1.54) is 0 Å². The van der Waals surface area contributed by atoms with E-state index in [1.807, 2.05) is 19.1 Å². The molecule has 4 nitrogen and oxygen atoms in total. The van der Waals surface area contributed by atoms with Crippen molar-refractivity contribution in [3.05, 3.63) is 67.2 Å². The molecule has 0 unspecified atom stereocenters. The molecule has 2 aromatic rings. The first-order chi connectivity index (χ1) is 9.86. The predicted molar refractivity (Wildman–Crippen MR) is 86.4 cm³/mol. The SMILES string of the molecule is Cc1cc([N+](=O)[O-])c(C)cc1NCc1cc(Cl)cc(Cl)c1. The zero-order valence-electron chi connectivity index (χ0n) is 11.6. The summed E-state index contributed by atoms with van der Waals surface area (Å²) in [5.41, 5.74) is 3.37. The van der Waals surface area contributed by atoms with E-state index in [0.29, 0.717) is 22.2 Å². The van der Waals surface area contributed by atoms with Gasteiger partial charge in [-0.3, -0.25) is 10.1 Å². The van der Waals surface area contributed by atoms with Crippen molar-refractivity contribution in [2.75, 3.05) is 5.32 Å². The van der Waals surface area contributed by atoms with Gasteiger partial charge in [-0.1, -0.05) is 23.2 Å². The van der Waals surface area contributed by atoms with Gasteiger partial charge in [0.2, 0.25) is 0 Å². The van der Waals surface area contributed by atoms with Crippen LogP contribution in [-0.4, -0.2) is 4.92 Å². The molecule has 21 heavy (non-hydrogen) atoms. The first kappa shape index (κ1) is 15.6. The summed E-state index contributed by atoms with van der Waals surface area (Å²) in [6, 6.07) is 8.68. The molecular formula is C15H14Cl2N2O2. The molecule has 0 atom stereocenters. The predicted octanol–water partition coefficient (Wildman–Crippen LogP) is 5.13. The molecule has 0 bridgehead atoms. The molecule has 0 fully saturated rings. The van der Waals surface area contributed by atoms with Crippen LogP contribution < -0.4 is 5.32 Å². The number of benzene rings is 2. The molecule has 110 valence electrons. The van der Waals surface area contributed by atoms with Gasteiger partial charge < -0.3 is 5.32 Å².